The van der Waals surface area contributed by atoms with E-state index in [0.717, 1.165) is 0 Å². The number of phenols is 1. The summed E-state index contributed by atoms with van der Waals surface area (Å²) in [6, 6.07) is 5.27. The van der Waals surface area contributed by atoms with Crippen LogP contribution in [0.2, 0.25) is 0 Å². The molecule has 150 valence electrons. The van der Waals surface area contributed by atoms with Gasteiger partial charge in [-0.2, -0.15) is 0 Å². The van der Waals surface area contributed by atoms with Gasteiger partial charge in [-0.05, 0) is 17.7 Å². The van der Waals surface area contributed by atoms with Gasteiger partial charge in [0.1, 0.15) is 11.7 Å². The lowest BCUT2D eigenvalue weighted by atomic mass is 9.94. The van der Waals surface area contributed by atoms with Crippen LogP contribution in [-0.4, -0.2) is 46.4 Å². The van der Waals surface area contributed by atoms with Gasteiger partial charge in [-0.15, -0.1) is 0 Å². The molecule has 0 aromatic heterocycles. The number of carbonyl (C=O) groups excluding carboxylic acids is 1. The van der Waals surface area contributed by atoms with E-state index in [1.165, 1.54) is 28.4 Å². The first kappa shape index (κ1) is 19.5. The molecule has 1 atom stereocenters. The van der Waals surface area contributed by atoms with Crippen LogP contribution in [0, 0.1) is 0 Å². The SMILES string of the molecule is COc1ccc([C@H]2CC(=O)c3c(O)c(OC)c(OC)c(OC)c3O2)cc1OC. The van der Waals surface area contributed by atoms with E-state index in [4.69, 9.17) is 28.4 Å². The molecule has 0 amide bonds. The smallest absolute Gasteiger partial charge is 0.211 e. The van der Waals surface area contributed by atoms with Crippen molar-refractivity contribution in [3.05, 3.63) is 29.3 Å². The molecule has 2 aromatic rings. The van der Waals surface area contributed by atoms with E-state index in [0.29, 0.717) is 17.1 Å². The molecule has 0 aliphatic carbocycles. The van der Waals surface area contributed by atoms with Crippen molar-refractivity contribution in [1.82, 2.24) is 0 Å². The molecular formula is C20H22O8. The molecule has 0 spiro atoms. The molecule has 1 aliphatic heterocycles. The van der Waals surface area contributed by atoms with Gasteiger partial charge in [0.25, 0.3) is 0 Å². The molecule has 1 aliphatic rings. The fourth-order valence-corrected chi connectivity index (χ4v) is 3.27. The average molecular weight is 390 g/mol. The van der Waals surface area contributed by atoms with E-state index in [9.17, 15) is 9.90 Å². The molecule has 0 radical (unpaired) electrons. The van der Waals surface area contributed by atoms with Crippen molar-refractivity contribution < 1.29 is 38.3 Å². The Balaban J connectivity index is 2.12. The summed E-state index contributed by atoms with van der Waals surface area (Å²) in [4.78, 5) is 12.9. The van der Waals surface area contributed by atoms with Gasteiger partial charge in [0.15, 0.2) is 28.8 Å². The van der Waals surface area contributed by atoms with Crippen molar-refractivity contribution >= 4 is 5.78 Å². The van der Waals surface area contributed by atoms with Crippen LogP contribution in [-0.2, 0) is 0 Å². The van der Waals surface area contributed by atoms with Gasteiger partial charge in [0.2, 0.25) is 17.2 Å². The summed E-state index contributed by atoms with van der Waals surface area (Å²) in [7, 11) is 7.26. The second kappa shape index (κ2) is 7.75. The number of hydrogen-bond donors (Lipinski definition) is 1. The maximum absolute atomic E-state index is 12.9. The minimum atomic E-state index is -0.605. The zero-order chi connectivity index (χ0) is 20.4. The number of aromatic hydroxyl groups is 1. The summed E-state index contributed by atoms with van der Waals surface area (Å²) in [5.74, 6) is 0.865. The summed E-state index contributed by atoms with van der Waals surface area (Å²) < 4.78 is 32.6. The number of ether oxygens (including phenoxy) is 6. The molecule has 0 unspecified atom stereocenters. The quantitative estimate of drug-likeness (QED) is 0.804. The van der Waals surface area contributed by atoms with Crippen LogP contribution in [0.25, 0.3) is 0 Å². The number of ketones is 1. The van der Waals surface area contributed by atoms with Gasteiger partial charge in [0.05, 0.1) is 42.0 Å². The summed E-state index contributed by atoms with van der Waals surface area (Å²) in [5, 5.41) is 10.5. The molecule has 1 N–H and O–H groups in total. The first-order valence-corrected chi connectivity index (χ1v) is 8.47. The summed E-state index contributed by atoms with van der Waals surface area (Å²) in [6.07, 6.45) is -0.583. The number of carbonyl (C=O) groups is 1. The van der Waals surface area contributed by atoms with Gasteiger partial charge in [-0.25, -0.2) is 0 Å². The Hall–Kier alpha value is -3.29. The van der Waals surface area contributed by atoms with Crippen molar-refractivity contribution in [3.8, 4) is 40.2 Å². The fourth-order valence-electron chi connectivity index (χ4n) is 3.27. The van der Waals surface area contributed by atoms with E-state index < -0.39 is 6.10 Å². The van der Waals surface area contributed by atoms with Crippen LogP contribution < -0.4 is 28.4 Å². The predicted molar refractivity (Wildman–Crippen MR) is 99.6 cm³/mol. The number of benzene rings is 2. The molecule has 3 rings (SSSR count). The number of fused-ring (bicyclic) bond motifs is 1. The highest BCUT2D eigenvalue weighted by Crippen LogP contribution is 2.56. The molecule has 0 saturated heterocycles. The lowest BCUT2D eigenvalue weighted by Gasteiger charge is -2.29. The maximum atomic E-state index is 12.9. The number of hydrogen-bond acceptors (Lipinski definition) is 8. The van der Waals surface area contributed by atoms with Gasteiger partial charge in [-0.3, -0.25) is 4.79 Å². The molecule has 8 nitrogen and oxygen atoms in total. The third kappa shape index (κ3) is 3.00. The van der Waals surface area contributed by atoms with Crippen LogP contribution in [0.3, 0.4) is 0 Å². The highest BCUT2D eigenvalue weighted by molar-refractivity contribution is 6.05. The number of methoxy groups -OCH3 is 5. The van der Waals surface area contributed by atoms with E-state index >= 15 is 0 Å². The highest BCUT2D eigenvalue weighted by atomic mass is 16.6. The third-order valence-corrected chi connectivity index (χ3v) is 4.60. The second-order valence-electron chi connectivity index (χ2n) is 6.00. The van der Waals surface area contributed by atoms with Crippen LogP contribution in [0.1, 0.15) is 28.4 Å². The van der Waals surface area contributed by atoms with Gasteiger partial charge >= 0.3 is 0 Å². The first-order valence-electron chi connectivity index (χ1n) is 8.47. The normalized spacial score (nSPS) is 15.3. The van der Waals surface area contributed by atoms with E-state index in [1.54, 1.807) is 25.3 Å². The van der Waals surface area contributed by atoms with Crippen molar-refractivity contribution in [2.75, 3.05) is 35.5 Å². The molecule has 1 heterocycles. The van der Waals surface area contributed by atoms with Gasteiger partial charge < -0.3 is 33.5 Å². The first-order chi connectivity index (χ1) is 13.5. The minimum absolute atomic E-state index is 0.00577. The molecule has 8 heteroatoms. The minimum Gasteiger partial charge on any atom is -0.504 e. The van der Waals surface area contributed by atoms with Crippen molar-refractivity contribution in [3.63, 3.8) is 0 Å². The summed E-state index contributed by atoms with van der Waals surface area (Å²) in [5.41, 5.74) is 0.721. The highest BCUT2D eigenvalue weighted by Gasteiger charge is 2.38. The Kier molecular flexibility index (Phi) is 5.39. The molecule has 2 aromatic carbocycles. The standard InChI is InChI=1S/C20H22O8/c1-23-12-7-6-10(8-14(12)24-2)13-9-11(21)15-16(22)18(25-3)20(27-5)19(26-4)17(15)28-13/h6-8,13,22H,9H2,1-5H3/t13-/m1/s1. The van der Waals surface area contributed by atoms with Gasteiger partial charge in [-0.1, -0.05) is 6.07 Å². The fraction of sp³-hybridized carbons (Fsp3) is 0.350. The van der Waals surface area contributed by atoms with Crippen molar-refractivity contribution in [2.24, 2.45) is 0 Å². The predicted octanol–water partition coefficient (Wildman–Crippen LogP) is 3.14. The van der Waals surface area contributed by atoms with E-state index in [-0.39, 0.29) is 46.5 Å². The Morgan fingerprint density at radius 3 is 2.11 bits per heavy atom. The number of rotatable bonds is 6. The van der Waals surface area contributed by atoms with Crippen LogP contribution >= 0.6 is 0 Å². The topological polar surface area (TPSA) is 92.7 Å². The number of phenolic OH excluding ortho intramolecular Hbond substituents is 1. The van der Waals surface area contributed by atoms with Gasteiger partial charge in [0, 0.05) is 0 Å². The molecule has 0 bridgehead atoms. The zero-order valence-corrected chi connectivity index (χ0v) is 16.3. The summed E-state index contributed by atoms with van der Waals surface area (Å²) >= 11 is 0. The summed E-state index contributed by atoms with van der Waals surface area (Å²) in [6.45, 7) is 0. The Bertz CT molecular complexity index is 906. The number of Topliss-reactive ketones (excluding diaryl/α,β-unsaturated/α-hetero) is 1. The van der Waals surface area contributed by atoms with E-state index in [1.807, 2.05) is 0 Å². The zero-order valence-electron chi connectivity index (χ0n) is 16.3. The molecule has 0 fully saturated rings. The monoisotopic (exact) mass is 390 g/mol. The van der Waals surface area contributed by atoms with Crippen molar-refractivity contribution in [2.45, 2.75) is 12.5 Å². The third-order valence-electron chi connectivity index (χ3n) is 4.60. The Labute approximate surface area is 162 Å². The average Bonchev–Trinajstić information content (AvgIpc) is 2.72. The maximum Gasteiger partial charge on any atom is 0.211 e. The Morgan fingerprint density at radius 2 is 1.54 bits per heavy atom. The largest absolute Gasteiger partial charge is 0.504 e. The van der Waals surface area contributed by atoms with Crippen LogP contribution in [0.4, 0.5) is 0 Å². The van der Waals surface area contributed by atoms with Crippen molar-refractivity contribution in [1.29, 1.82) is 0 Å². The van der Waals surface area contributed by atoms with E-state index in [2.05, 4.69) is 0 Å². The Morgan fingerprint density at radius 1 is 0.893 bits per heavy atom. The van der Waals surface area contributed by atoms with Crippen LogP contribution in [0.15, 0.2) is 18.2 Å². The lowest BCUT2D eigenvalue weighted by Crippen LogP contribution is -2.21. The molecular weight excluding hydrogens is 368 g/mol. The second-order valence-corrected chi connectivity index (χ2v) is 6.00. The molecule has 0 saturated carbocycles. The lowest BCUT2D eigenvalue weighted by molar-refractivity contribution is 0.0833. The molecule has 28 heavy (non-hydrogen) atoms. The van der Waals surface area contributed by atoms with Crippen LogP contribution in [0.5, 0.6) is 40.2 Å².